The topological polar surface area (TPSA) is 78.8 Å². The van der Waals surface area contributed by atoms with Gasteiger partial charge < -0.3 is 9.32 Å². The van der Waals surface area contributed by atoms with Crippen LogP contribution in [0.1, 0.15) is 55.4 Å². The normalized spacial score (nSPS) is 28.8. The van der Waals surface area contributed by atoms with Crippen molar-refractivity contribution in [1.29, 1.82) is 5.26 Å². The van der Waals surface area contributed by atoms with Gasteiger partial charge in [0.25, 0.3) is 0 Å². The van der Waals surface area contributed by atoms with E-state index in [0.717, 1.165) is 37.1 Å². The standard InChI is InChI=1S/C18H19N5O/c19-9-13-3-2-8-20-15(13)23-10-14-4-1-7-18(14,11-23)17-22-21-16(24-17)12-5-6-12/h2-3,8,12,14H,1,4-7,10-11H2/t14-,18-/m0/s1. The zero-order valence-corrected chi connectivity index (χ0v) is 13.5. The van der Waals surface area contributed by atoms with Crippen molar-refractivity contribution in [3.05, 3.63) is 35.7 Å². The quantitative estimate of drug-likeness (QED) is 0.865. The Morgan fingerprint density at radius 2 is 2.21 bits per heavy atom. The lowest BCUT2D eigenvalue weighted by Gasteiger charge is -2.25. The van der Waals surface area contributed by atoms with E-state index in [9.17, 15) is 5.26 Å². The second-order valence-corrected chi connectivity index (χ2v) is 7.33. The zero-order valence-electron chi connectivity index (χ0n) is 13.5. The van der Waals surface area contributed by atoms with Crippen LogP contribution in [0.5, 0.6) is 0 Å². The molecule has 0 bridgehead atoms. The van der Waals surface area contributed by atoms with Gasteiger partial charge in [0.05, 0.1) is 11.0 Å². The highest BCUT2D eigenvalue weighted by atomic mass is 16.4. The highest BCUT2D eigenvalue weighted by molar-refractivity contribution is 5.55. The smallest absolute Gasteiger partial charge is 0.224 e. The molecule has 0 spiro atoms. The number of rotatable bonds is 3. The number of fused-ring (bicyclic) bond motifs is 1. The third-order valence-corrected chi connectivity index (χ3v) is 5.87. The third kappa shape index (κ3) is 1.97. The second-order valence-electron chi connectivity index (χ2n) is 7.33. The minimum Gasteiger partial charge on any atom is -0.424 e. The number of hydrogen-bond donors (Lipinski definition) is 0. The molecule has 0 amide bonds. The number of nitriles is 1. The van der Waals surface area contributed by atoms with Crippen LogP contribution >= 0.6 is 0 Å². The average molecular weight is 321 g/mol. The Labute approximate surface area is 140 Å². The molecule has 3 heterocycles. The number of anilines is 1. The van der Waals surface area contributed by atoms with E-state index in [1.165, 1.54) is 25.7 Å². The van der Waals surface area contributed by atoms with Crippen molar-refractivity contribution in [3.8, 4) is 6.07 Å². The number of hydrogen-bond acceptors (Lipinski definition) is 6. The Morgan fingerprint density at radius 3 is 3.04 bits per heavy atom. The molecule has 3 fully saturated rings. The molecule has 5 rings (SSSR count). The Bertz CT molecular complexity index is 821. The summed E-state index contributed by atoms with van der Waals surface area (Å²) in [5.41, 5.74) is 0.571. The fourth-order valence-corrected chi connectivity index (χ4v) is 4.47. The Hall–Kier alpha value is -2.42. The molecule has 24 heavy (non-hydrogen) atoms. The number of pyridine rings is 1. The lowest BCUT2D eigenvalue weighted by Crippen LogP contribution is -2.32. The van der Waals surface area contributed by atoms with Crippen molar-refractivity contribution >= 4 is 5.82 Å². The molecule has 0 N–H and O–H groups in total. The highest BCUT2D eigenvalue weighted by Crippen LogP contribution is 2.51. The van der Waals surface area contributed by atoms with E-state index in [1.54, 1.807) is 6.20 Å². The molecule has 2 atom stereocenters. The van der Waals surface area contributed by atoms with Gasteiger partial charge in [-0.1, -0.05) is 6.42 Å². The van der Waals surface area contributed by atoms with Gasteiger partial charge >= 0.3 is 0 Å². The number of nitrogens with zero attached hydrogens (tertiary/aromatic N) is 5. The minimum absolute atomic E-state index is 0.0651. The summed E-state index contributed by atoms with van der Waals surface area (Å²) in [5, 5.41) is 18.1. The molecule has 6 nitrogen and oxygen atoms in total. The van der Waals surface area contributed by atoms with Crippen molar-refractivity contribution < 1.29 is 4.42 Å². The zero-order chi connectivity index (χ0) is 16.1. The lowest BCUT2D eigenvalue weighted by atomic mass is 9.80. The SMILES string of the molecule is N#Cc1cccnc1N1C[C@@H]2CCC[C@]2(c2nnc(C3CC3)o2)C1. The first-order valence-electron chi connectivity index (χ1n) is 8.74. The molecule has 6 heteroatoms. The van der Waals surface area contributed by atoms with Crippen LogP contribution < -0.4 is 4.90 Å². The maximum absolute atomic E-state index is 9.38. The van der Waals surface area contributed by atoms with Crippen molar-refractivity contribution in [2.75, 3.05) is 18.0 Å². The van der Waals surface area contributed by atoms with Crippen molar-refractivity contribution in [1.82, 2.24) is 15.2 Å². The third-order valence-electron chi connectivity index (χ3n) is 5.87. The molecule has 1 saturated heterocycles. The molecule has 1 aliphatic heterocycles. The van der Waals surface area contributed by atoms with Crippen LogP contribution in [0, 0.1) is 17.2 Å². The summed E-state index contributed by atoms with van der Waals surface area (Å²) in [4.78, 5) is 6.70. The summed E-state index contributed by atoms with van der Waals surface area (Å²) < 4.78 is 6.10. The molecule has 3 aliphatic rings. The van der Waals surface area contributed by atoms with E-state index in [4.69, 9.17) is 4.42 Å². The van der Waals surface area contributed by atoms with Gasteiger partial charge in [0.15, 0.2) is 0 Å². The molecule has 2 aromatic heterocycles. The molecule has 0 radical (unpaired) electrons. The monoisotopic (exact) mass is 321 g/mol. The Balaban J connectivity index is 1.50. The second kappa shape index (κ2) is 5.04. The first-order chi connectivity index (χ1) is 11.8. The molecule has 2 aliphatic carbocycles. The van der Waals surface area contributed by atoms with Crippen molar-refractivity contribution in [2.24, 2.45) is 5.92 Å². The molecule has 122 valence electrons. The summed E-state index contributed by atoms with van der Waals surface area (Å²) in [5.74, 6) is 3.40. The largest absolute Gasteiger partial charge is 0.424 e. The van der Waals surface area contributed by atoms with Gasteiger partial charge in [-0.05, 0) is 43.7 Å². The van der Waals surface area contributed by atoms with E-state index >= 15 is 0 Å². The van der Waals surface area contributed by atoms with Crippen LogP contribution in [0.2, 0.25) is 0 Å². The first-order valence-corrected chi connectivity index (χ1v) is 8.74. The van der Waals surface area contributed by atoms with Gasteiger partial charge in [-0.3, -0.25) is 0 Å². The summed E-state index contributed by atoms with van der Waals surface area (Å²) in [6.45, 7) is 1.72. The molecule has 2 aromatic rings. The van der Waals surface area contributed by atoms with E-state index < -0.39 is 0 Å². The van der Waals surface area contributed by atoms with E-state index in [1.807, 2.05) is 12.1 Å². The van der Waals surface area contributed by atoms with Gasteiger partial charge in [0.1, 0.15) is 11.9 Å². The maximum Gasteiger partial charge on any atom is 0.224 e. The summed E-state index contributed by atoms with van der Waals surface area (Å²) in [6.07, 6.45) is 7.55. The van der Waals surface area contributed by atoms with Crippen LogP contribution in [0.25, 0.3) is 0 Å². The fraction of sp³-hybridized carbons (Fsp3) is 0.556. The molecular formula is C18H19N5O. The Morgan fingerprint density at radius 1 is 1.29 bits per heavy atom. The lowest BCUT2D eigenvalue weighted by molar-refractivity contribution is 0.296. The molecular weight excluding hydrogens is 302 g/mol. The van der Waals surface area contributed by atoms with Gasteiger partial charge in [-0.15, -0.1) is 10.2 Å². The highest BCUT2D eigenvalue weighted by Gasteiger charge is 2.54. The van der Waals surface area contributed by atoms with E-state index in [2.05, 4.69) is 26.2 Å². The minimum atomic E-state index is -0.0651. The van der Waals surface area contributed by atoms with Gasteiger partial charge in [-0.25, -0.2) is 4.98 Å². The maximum atomic E-state index is 9.38. The van der Waals surface area contributed by atoms with Crippen LogP contribution in [0.3, 0.4) is 0 Å². The van der Waals surface area contributed by atoms with Gasteiger partial charge in [-0.2, -0.15) is 5.26 Å². The van der Waals surface area contributed by atoms with E-state index in [0.29, 0.717) is 17.4 Å². The predicted molar refractivity (Wildman–Crippen MR) is 86.5 cm³/mol. The molecule has 0 unspecified atom stereocenters. The fourth-order valence-electron chi connectivity index (χ4n) is 4.47. The average Bonchev–Trinajstić information content (AvgIpc) is 3.05. The molecule has 2 saturated carbocycles. The van der Waals surface area contributed by atoms with E-state index in [-0.39, 0.29) is 5.41 Å². The van der Waals surface area contributed by atoms with Crippen LogP contribution in [-0.2, 0) is 5.41 Å². The molecule has 0 aromatic carbocycles. The van der Waals surface area contributed by atoms with Gasteiger partial charge in [0.2, 0.25) is 11.8 Å². The van der Waals surface area contributed by atoms with Gasteiger partial charge in [0, 0.05) is 25.2 Å². The van der Waals surface area contributed by atoms with Crippen molar-refractivity contribution in [3.63, 3.8) is 0 Å². The first kappa shape index (κ1) is 14.0. The predicted octanol–water partition coefficient (Wildman–Crippen LogP) is 2.77. The summed E-state index contributed by atoms with van der Waals surface area (Å²) in [6, 6.07) is 5.91. The Kier molecular flexibility index (Phi) is 2.93. The van der Waals surface area contributed by atoms with Crippen molar-refractivity contribution in [2.45, 2.75) is 43.4 Å². The summed E-state index contributed by atoms with van der Waals surface area (Å²) in [7, 11) is 0. The van der Waals surface area contributed by atoms with Crippen LogP contribution in [-0.4, -0.2) is 28.3 Å². The summed E-state index contributed by atoms with van der Waals surface area (Å²) >= 11 is 0. The number of aromatic nitrogens is 3. The van der Waals surface area contributed by atoms with Crippen LogP contribution in [0.4, 0.5) is 5.82 Å². The van der Waals surface area contributed by atoms with Crippen LogP contribution in [0.15, 0.2) is 22.7 Å².